The van der Waals surface area contributed by atoms with Crippen molar-refractivity contribution in [1.29, 1.82) is 0 Å². The van der Waals surface area contributed by atoms with Crippen molar-refractivity contribution in [2.75, 3.05) is 0 Å². The van der Waals surface area contributed by atoms with Crippen LogP contribution in [0.3, 0.4) is 0 Å². The van der Waals surface area contributed by atoms with Crippen LogP contribution in [0.1, 0.15) is 0 Å². The minimum absolute atomic E-state index is 0.658. The molecular weight excluding hydrogens is 1710 g/mol. The van der Waals surface area contributed by atoms with E-state index in [9.17, 15) is 0 Å². The second kappa shape index (κ2) is 33.6. The third kappa shape index (κ3) is 13.0. The Labute approximate surface area is 785 Å². The third-order valence-electron chi connectivity index (χ3n) is 27.5. The molecule has 27 aromatic rings. The van der Waals surface area contributed by atoms with E-state index in [1.54, 1.807) is 0 Å². The normalized spacial score (nSPS) is 12.0. The van der Waals surface area contributed by atoms with Crippen molar-refractivity contribution in [1.82, 2.24) is 33.6 Å². The van der Waals surface area contributed by atoms with Crippen molar-refractivity contribution >= 4 is 227 Å². The fourth-order valence-corrected chi connectivity index (χ4v) is 37.6. The second-order valence-electron chi connectivity index (χ2n) is 34.4. The lowest BCUT2D eigenvalue weighted by molar-refractivity contribution is 0.671. The highest BCUT2D eigenvalue weighted by molar-refractivity contribution is 7.31. The molecule has 13 heteroatoms. The highest BCUT2D eigenvalue weighted by atomic mass is 32.1. The number of para-hydroxylation sites is 10. The SMILES string of the molecule is c1ccc([Si](c2ccccc2)(c2ccc(-n3c4ccccc4c4ccccc43)nc2)c2cccc3c2oc2ccccc23)cc1.c1ccc([Si](c2ccccc2)(c2ccc(-n3c4ccccc4c4ccccc43)nc2)c2cccc3c2sc2ccccc23)cc1.c1ccc([Si](c2ccccc2)(c2ccnc(-n3c4ccccc4c4ccccc43)n2)c2cccc3c2oc2ccccc23)cc1. The average Bonchev–Trinajstić information content (AvgIpc) is 1.71. The molecule has 9 heterocycles. The summed E-state index contributed by atoms with van der Waals surface area (Å²) in [6, 6.07) is 174. The minimum atomic E-state index is -3.06. The van der Waals surface area contributed by atoms with Crippen LogP contribution in [0.2, 0.25) is 0 Å². The largest absolute Gasteiger partial charge is 0.456 e. The zero-order valence-electron chi connectivity index (χ0n) is 73.3. The molecule has 0 unspecified atom stereocenters. The van der Waals surface area contributed by atoms with Crippen LogP contribution in [0.4, 0.5) is 0 Å². The number of thiophene rings is 1. The summed E-state index contributed by atoms with van der Waals surface area (Å²) in [7, 11) is -8.78. The number of rotatable bonds is 15. The van der Waals surface area contributed by atoms with Crippen LogP contribution in [-0.4, -0.2) is 57.9 Å². The molecule has 0 N–H and O–H groups in total. The smallest absolute Gasteiger partial charge is 0.234 e. The summed E-state index contributed by atoms with van der Waals surface area (Å²) >= 11 is 1.91. The standard InChI is InChI=1S/C41H28N2OSi.C41H28N2SSi.C40H27N3OSi/c2*1-3-14-29(15-4-1)45(30-16-5-2-6-17-30,39-25-13-21-35-34-20-9-12-24-38(34)44-41(35)39)31-26-27-40(42-28-31)43-36-22-10-7-18-32(36)33-19-8-11-23-37(33)43;1-3-14-28(15-4-1)45(29-16-5-2-6-17-29,37-25-13-21-33-32-20-9-12-24-36(32)44-39(33)37)38-26-27-41-40(42-38)43-34-22-10-7-18-30(34)31-19-8-11-23-35(31)43/h2*1-28H;1-27H. The van der Waals surface area contributed by atoms with Gasteiger partial charge in [0.15, 0.2) is 16.1 Å². The first kappa shape index (κ1) is 80.3. The Hall–Kier alpha value is -16.8. The molecule has 0 amide bonds. The van der Waals surface area contributed by atoms with Crippen molar-refractivity contribution in [3.05, 3.63) is 504 Å². The Morgan fingerprint density at radius 3 is 0.881 bits per heavy atom. The van der Waals surface area contributed by atoms with Gasteiger partial charge >= 0.3 is 0 Å². The van der Waals surface area contributed by atoms with Crippen LogP contribution in [-0.2, 0) is 0 Å². The highest BCUT2D eigenvalue weighted by Gasteiger charge is 2.48. The quantitative estimate of drug-likeness (QED) is 0.0750. The van der Waals surface area contributed by atoms with Gasteiger partial charge in [0.1, 0.15) is 34.0 Å². The number of hydrogen-bond donors (Lipinski definition) is 0. The second-order valence-corrected chi connectivity index (χ2v) is 46.7. The Morgan fingerprint density at radius 1 is 0.207 bits per heavy atom. The fourth-order valence-electron chi connectivity index (χ4n) is 21.7. The summed E-state index contributed by atoms with van der Waals surface area (Å²) in [6.07, 6.45) is 6.21. The van der Waals surface area contributed by atoms with Crippen LogP contribution in [0.15, 0.2) is 513 Å². The van der Waals surface area contributed by atoms with Crippen molar-refractivity contribution in [3.63, 3.8) is 0 Å². The molecular formula is C122H83N7O2SSi3. The van der Waals surface area contributed by atoms with E-state index in [1.807, 2.05) is 29.7 Å². The number of hydrogen-bond acceptors (Lipinski definition) is 7. The van der Waals surface area contributed by atoms with Gasteiger partial charge in [0, 0.05) is 97.9 Å². The molecule has 9 nitrogen and oxygen atoms in total. The molecule has 0 saturated heterocycles. The van der Waals surface area contributed by atoms with E-state index in [2.05, 4.69) is 499 Å². The Morgan fingerprint density at radius 2 is 0.504 bits per heavy atom. The van der Waals surface area contributed by atoms with Gasteiger partial charge in [0.25, 0.3) is 0 Å². The molecule has 135 heavy (non-hydrogen) atoms. The van der Waals surface area contributed by atoms with E-state index >= 15 is 0 Å². The van der Waals surface area contributed by atoms with Gasteiger partial charge in [0.05, 0.1) is 33.1 Å². The molecule has 0 fully saturated rings. The van der Waals surface area contributed by atoms with Crippen molar-refractivity contribution in [3.8, 4) is 17.6 Å². The van der Waals surface area contributed by atoms with E-state index in [-0.39, 0.29) is 0 Å². The number of pyridine rings is 2. The van der Waals surface area contributed by atoms with Gasteiger partial charge in [0.2, 0.25) is 14.0 Å². The van der Waals surface area contributed by atoms with Gasteiger partial charge in [-0.3, -0.25) is 13.7 Å². The third-order valence-corrected chi connectivity index (χ3v) is 43.0. The van der Waals surface area contributed by atoms with Crippen molar-refractivity contribution in [2.24, 2.45) is 0 Å². The van der Waals surface area contributed by atoms with Gasteiger partial charge in [-0.1, -0.05) is 413 Å². The van der Waals surface area contributed by atoms with Gasteiger partial charge in [-0.05, 0) is 130 Å². The molecule has 0 atom stereocenters. The van der Waals surface area contributed by atoms with Crippen LogP contribution in [0.25, 0.3) is 147 Å². The highest BCUT2D eigenvalue weighted by Crippen LogP contribution is 2.39. The van der Waals surface area contributed by atoms with Crippen molar-refractivity contribution < 1.29 is 8.83 Å². The summed E-state index contributed by atoms with van der Waals surface area (Å²) in [4.78, 5) is 21.0. The summed E-state index contributed by atoms with van der Waals surface area (Å²) in [5, 5.41) is 29.5. The predicted molar refractivity (Wildman–Crippen MR) is 572 cm³/mol. The fraction of sp³-hybridized carbons (Fsp3) is 0. The number of nitrogens with zero attached hydrogens (tertiary/aromatic N) is 7. The summed E-state index contributed by atoms with van der Waals surface area (Å²) in [6.45, 7) is 0. The number of benzene rings is 18. The predicted octanol–water partition coefficient (Wildman–Crippen LogP) is 22.2. The first-order valence-electron chi connectivity index (χ1n) is 45.8. The van der Waals surface area contributed by atoms with Crippen LogP contribution in [0, 0.1) is 0 Å². The number of aromatic nitrogens is 7. The van der Waals surface area contributed by atoms with E-state index < -0.39 is 24.2 Å². The van der Waals surface area contributed by atoms with Gasteiger partial charge in [-0.15, -0.1) is 11.3 Å². The van der Waals surface area contributed by atoms with E-state index in [4.69, 9.17) is 28.8 Å². The van der Waals surface area contributed by atoms with Crippen LogP contribution in [0.5, 0.6) is 0 Å². The lowest BCUT2D eigenvalue weighted by atomic mass is 10.1. The van der Waals surface area contributed by atoms with E-state index in [0.717, 1.165) is 82.9 Å². The molecule has 18 aromatic carbocycles. The summed E-state index contributed by atoms with van der Waals surface area (Å²) < 4.78 is 23.0. The number of furan rings is 2. The molecule has 0 radical (unpaired) electrons. The molecule has 9 aromatic heterocycles. The Kier molecular flexibility index (Phi) is 20.0. The number of fused-ring (bicyclic) bond motifs is 18. The lowest BCUT2D eigenvalue weighted by Gasteiger charge is -2.34. The topological polar surface area (TPSA) is 92.6 Å². The van der Waals surface area contributed by atoms with Gasteiger partial charge < -0.3 is 8.83 Å². The zero-order chi connectivity index (χ0) is 89.4. The maximum atomic E-state index is 6.76. The summed E-state index contributed by atoms with van der Waals surface area (Å²) in [5.74, 6) is 2.49. The molecule has 636 valence electrons. The van der Waals surface area contributed by atoms with E-state index in [0.29, 0.717) is 5.95 Å². The maximum Gasteiger partial charge on any atom is 0.234 e. The monoisotopic (exact) mass is 1790 g/mol. The van der Waals surface area contributed by atoms with E-state index in [1.165, 1.54) is 121 Å². The van der Waals surface area contributed by atoms with Crippen molar-refractivity contribution in [2.45, 2.75) is 0 Å². The van der Waals surface area contributed by atoms with Crippen LogP contribution >= 0.6 is 11.3 Å². The molecule has 0 aliphatic carbocycles. The van der Waals surface area contributed by atoms with Crippen LogP contribution < -0.4 is 62.4 Å². The Balaban J connectivity index is 0.000000108. The minimum Gasteiger partial charge on any atom is -0.456 e. The molecule has 0 aliphatic rings. The Bertz CT molecular complexity index is 8510. The van der Waals surface area contributed by atoms with Gasteiger partial charge in [-0.2, -0.15) is 0 Å². The molecule has 27 rings (SSSR count). The average molecular weight is 1800 g/mol. The summed E-state index contributed by atoms with van der Waals surface area (Å²) in [5.41, 5.74) is 10.5. The molecule has 0 aliphatic heterocycles. The lowest BCUT2D eigenvalue weighted by Crippen LogP contribution is -2.75. The maximum absolute atomic E-state index is 6.76. The zero-order valence-corrected chi connectivity index (χ0v) is 77.1. The first-order chi connectivity index (χ1) is 67.0. The molecule has 0 spiro atoms. The molecule has 0 bridgehead atoms. The van der Waals surface area contributed by atoms with Gasteiger partial charge in [-0.25, -0.2) is 19.9 Å². The first-order valence-corrected chi connectivity index (χ1v) is 52.6. The molecule has 0 saturated carbocycles.